The van der Waals surface area contributed by atoms with Crippen molar-refractivity contribution in [1.29, 1.82) is 5.41 Å². The number of hydrogen-bond donors (Lipinski definition) is 1. The molecular formula is C2H4ClN. The minimum absolute atomic E-state index is 0.139. The van der Waals surface area contributed by atoms with E-state index in [9.17, 15) is 0 Å². The summed E-state index contributed by atoms with van der Waals surface area (Å²) < 4.78 is 0. The molecule has 0 rings (SSSR count). The first-order valence-electron chi connectivity index (χ1n) is 0.939. The van der Waals surface area contributed by atoms with Crippen molar-refractivity contribution >= 4 is 16.8 Å². The fourth-order valence-corrected chi connectivity index (χ4v) is 0. The number of hydrogen-bond acceptors (Lipinski definition) is 1. The predicted octanol–water partition coefficient (Wildman–Crippen LogP) is 1.22. The Morgan fingerprint density at radius 1 is 2.00 bits per heavy atom. The van der Waals surface area contributed by atoms with Gasteiger partial charge < -0.3 is 0 Å². The number of rotatable bonds is 0. The predicted molar refractivity (Wildman–Crippen MR) is 19.3 cm³/mol. The highest BCUT2D eigenvalue weighted by molar-refractivity contribution is 6.63. The quantitative estimate of drug-likeness (QED) is 0.421. The highest BCUT2D eigenvalue weighted by Gasteiger charge is 1.59. The summed E-state index contributed by atoms with van der Waals surface area (Å²) in [5.74, 6) is 0. The van der Waals surface area contributed by atoms with Crippen LogP contribution < -0.4 is 0 Å². The van der Waals surface area contributed by atoms with Crippen LogP contribution in [0.3, 0.4) is 0 Å². The summed E-state index contributed by atoms with van der Waals surface area (Å²) in [6.45, 7) is 1.52. The Kier molecular flexibility index (Phi) is 1.28. The van der Waals surface area contributed by atoms with Crippen molar-refractivity contribution < 1.29 is 0 Å². The SMILES string of the molecule is CC(=N)Cl. The third-order valence-electron chi connectivity index (χ3n) is 0. The van der Waals surface area contributed by atoms with E-state index in [1.54, 1.807) is 0 Å². The molecule has 0 unspecified atom stereocenters. The molecule has 0 atom stereocenters. The van der Waals surface area contributed by atoms with Gasteiger partial charge >= 0.3 is 0 Å². The fraction of sp³-hybridized carbons (Fsp3) is 0.500. The Morgan fingerprint density at radius 3 is 2.00 bits per heavy atom. The van der Waals surface area contributed by atoms with Crippen LogP contribution in [0.4, 0.5) is 0 Å². The van der Waals surface area contributed by atoms with Crippen LogP contribution in [0, 0.1) is 5.41 Å². The van der Waals surface area contributed by atoms with Crippen molar-refractivity contribution in [3.8, 4) is 0 Å². The van der Waals surface area contributed by atoms with E-state index in [0.29, 0.717) is 0 Å². The Bertz CT molecular complexity index is 29.0. The number of halogens is 1. The molecule has 1 nitrogen and oxygen atoms in total. The van der Waals surface area contributed by atoms with Crippen LogP contribution in [-0.4, -0.2) is 5.17 Å². The van der Waals surface area contributed by atoms with Gasteiger partial charge in [0.25, 0.3) is 0 Å². The zero-order chi connectivity index (χ0) is 3.58. The lowest BCUT2D eigenvalue weighted by molar-refractivity contribution is 1.53. The van der Waals surface area contributed by atoms with Gasteiger partial charge in [-0.2, -0.15) is 0 Å². The molecule has 24 valence electrons. The molecule has 2 heteroatoms. The summed E-state index contributed by atoms with van der Waals surface area (Å²) in [6.07, 6.45) is 0. The molecule has 0 aliphatic rings. The van der Waals surface area contributed by atoms with Gasteiger partial charge in [0.1, 0.15) is 0 Å². The molecule has 0 aromatic rings. The maximum atomic E-state index is 6.27. The van der Waals surface area contributed by atoms with Gasteiger partial charge in [0.15, 0.2) is 0 Å². The lowest BCUT2D eigenvalue weighted by Gasteiger charge is -1.59. The molecule has 1 N–H and O–H groups in total. The third kappa shape index (κ3) is 1130. The minimum Gasteiger partial charge on any atom is -0.293 e. The highest BCUT2D eigenvalue weighted by Crippen LogP contribution is 1.69. The lowest BCUT2D eigenvalue weighted by Crippen LogP contribution is -1.59. The maximum absolute atomic E-state index is 6.27. The second-order valence-corrected chi connectivity index (χ2v) is 1.10. The smallest absolute Gasteiger partial charge is 0.0937 e. The average molecular weight is 77.5 g/mol. The van der Waals surface area contributed by atoms with Crippen molar-refractivity contribution in [2.75, 3.05) is 0 Å². The second-order valence-electron chi connectivity index (χ2n) is 0.533. The van der Waals surface area contributed by atoms with Gasteiger partial charge in [0.2, 0.25) is 0 Å². The molecule has 0 aromatic heterocycles. The molecule has 0 saturated heterocycles. The molecule has 0 heterocycles. The molecule has 0 saturated carbocycles. The van der Waals surface area contributed by atoms with Crippen molar-refractivity contribution in [3.63, 3.8) is 0 Å². The summed E-state index contributed by atoms with van der Waals surface area (Å²) >= 11 is 4.86. The molecule has 0 aliphatic carbocycles. The van der Waals surface area contributed by atoms with Crippen molar-refractivity contribution in [1.82, 2.24) is 0 Å². The summed E-state index contributed by atoms with van der Waals surface area (Å²) in [5.41, 5.74) is 0. The zero-order valence-corrected chi connectivity index (χ0v) is 3.13. The summed E-state index contributed by atoms with van der Waals surface area (Å²) in [4.78, 5) is 0. The van der Waals surface area contributed by atoms with Gasteiger partial charge in [-0.05, 0) is 6.92 Å². The molecule has 0 fully saturated rings. The van der Waals surface area contributed by atoms with Crippen LogP contribution in [0.25, 0.3) is 0 Å². The Balaban J connectivity index is 2.80. The van der Waals surface area contributed by atoms with Gasteiger partial charge in [-0.1, -0.05) is 11.6 Å². The Hall–Kier alpha value is -0.0400. The van der Waals surface area contributed by atoms with E-state index in [2.05, 4.69) is 0 Å². The standard InChI is InChI=1S/C2H4ClN/c1-2(3)4/h4H,1H3. The average Bonchev–Trinajstić information content (AvgIpc) is 0.811. The van der Waals surface area contributed by atoms with Crippen LogP contribution >= 0.6 is 11.6 Å². The van der Waals surface area contributed by atoms with Crippen LogP contribution in [0.15, 0.2) is 0 Å². The summed E-state index contributed by atoms with van der Waals surface area (Å²) in [7, 11) is 0. The monoisotopic (exact) mass is 77.0 g/mol. The van der Waals surface area contributed by atoms with E-state index in [0.717, 1.165) is 0 Å². The largest absolute Gasteiger partial charge is 0.293 e. The molecular weight excluding hydrogens is 73.5 g/mol. The van der Waals surface area contributed by atoms with E-state index in [1.807, 2.05) is 0 Å². The lowest BCUT2D eigenvalue weighted by atomic mass is 10.9. The highest BCUT2D eigenvalue weighted by atomic mass is 35.5. The minimum atomic E-state index is 0.139. The molecule has 0 bridgehead atoms. The van der Waals surface area contributed by atoms with Crippen LogP contribution in [0.2, 0.25) is 0 Å². The summed E-state index contributed by atoms with van der Waals surface area (Å²) in [6, 6.07) is 0. The van der Waals surface area contributed by atoms with Crippen LogP contribution in [-0.2, 0) is 0 Å². The third-order valence-corrected chi connectivity index (χ3v) is 0. The first-order chi connectivity index (χ1) is 1.73. The molecule has 4 heavy (non-hydrogen) atoms. The molecule has 0 spiro atoms. The molecule has 0 radical (unpaired) electrons. The second kappa shape index (κ2) is 1.30. The normalized spacial score (nSPS) is 6.50. The van der Waals surface area contributed by atoms with E-state index >= 15 is 0 Å². The van der Waals surface area contributed by atoms with E-state index in [1.165, 1.54) is 6.92 Å². The first-order valence-corrected chi connectivity index (χ1v) is 1.32. The van der Waals surface area contributed by atoms with E-state index in [4.69, 9.17) is 17.0 Å². The van der Waals surface area contributed by atoms with Gasteiger partial charge in [-0.3, -0.25) is 5.41 Å². The summed E-state index contributed by atoms with van der Waals surface area (Å²) in [5, 5.41) is 6.40. The van der Waals surface area contributed by atoms with E-state index < -0.39 is 0 Å². The van der Waals surface area contributed by atoms with Crippen molar-refractivity contribution in [3.05, 3.63) is 0 Å². The molecule has 0 aliphatic heterocycles. The molecule has 0 aromatic carbocycles. The Morgan fingerprint density at radius 2 is 2.00 bits per heavy atom. The number of nitrogens with one attached hydrogen (secondary N) is 1. The van der Waals surface area contributed by atoms with Crippen molar-refractivity contribution in [2.45, 2.75) is 6.92 Å². The van der Waals surface area contributed by atoms with Gasteiger partial charge in [0, 0.05) is 0 Å². The molecule has 0 amide bonds. The van der Waals surface area contributed by atoms with Gasteiger partial charge in [0.05, 0.1) is 5.17 Å². The fourth-order valence-electron chi connectivity index (χ4n) is 0. The van der Waals surface area contributed by atoms with Crippen molar-refractivity contribution in [2.24, 2.45) is 0 Å². The van der Waals surface area contributed by atoms with Gasteiger partial charge in [-0.15, -0.1) is 0 Å². The van der Waals surface area contributed by atoms with Crippen LogP contribution in [0.1, 0.15) is 6.92 Å². The van der Waals surface area contributed by atoms with Gasteiger partial charge in [-0.25, -0.2) is 0 Å². The zero-order valence-electron chi connectivity index (χ0n) is 2.38. The Labute approximate surface area is 30.1 Å². The van der Waals surface area contributed by atoms with E-state index in [-0.39, 0.29) is 5.17 Å². The maximum Gasteiger partial charge on any atom is 0.0937 e. The van der Waals surface area contributed by atoms with Crippen LogP contribution in [0.5, 0.6) is 0 Å². The topological polar surface area (TPSA) is 23.9 Å². The first kappa shape index (κ1) is 3.96.